The number of allylic oxidation sites excluding steroid dienone is 2. The van der Waals surface area contributed by atoms with Crippen molar-refractivity contribution < 1.29 is 4.74 Å². The molecule has 13 heavy (non-hydrogen) atoms. The van der Waals surface area contributed by atoms with Crippen molar-refractivity contribution in [2.75, 3.05) is 20.3 Å². The van der Waals surface area contributed by atoms with Crippen LogP contribution in [0.1, 0.15) is 26.2 Å². The summed E-state index contributed by atoms with van der Waals surface area (Å²) >= 11 is 0. The second kappa shape index (κ2) is 6.17. The van der Waals surface area contributed by atoms with Gasteiger partial charge in [-0.1, -0.05) is 12.2 Å². The minimum Gasteiger partial charge on any atom is -0.383 e. The van der Waals surface area contributed by atoms with Crippen LogP contribution < -0.4 is 5.32 Å². The molecule has 0 aromatic heterocycles. The van der Waals surface area contributed by atoms with E-state index in [1.54, 1.807) is 7.11 Å². The van der Waals surface area contributed by atoms with Gasteiger partial charge < -0.3 is 10.1 Å². The van der Waals surface area contributed by atoms with E-state index in [-0.39, 0.29) is 0 Å². The van der Waals surface area contributed by atoms with Gasteiger partial charge in [0, 0.05) is 13.2 Å². The summed E-state index contributed by atoms with van der Waals surface area (Å²) in [4.78, 5) is 0. The zero-order chi connectivity index (χ0) is 9.52. The van der Waals surface area contributed by atoms with E-state index in [0.717, 1.165) is 19.1 Å². The monoisotopic (exact) mass is 183 g/mol. The molecule has 2 nitrogen and oxygen atoms in total. The topological polar surface area (TPSA) is 21.3 Å². The van der Waals surface area contributed by atoms with Crippen molar-refractivity contribution in [3.63, 3.8) is 0 Å². The van der Waals surface area contributed by atoms with Crippen LogP contribution in [-0.2, 0) is 4.74 Å². The van der Waals surface area contributed by atoms with Crippen LogP contribution in [0.5, 0.6) is 0 Å². The molecule has 1 N–H and O–H groups in total. The van der Waals surface area contributed by atoms with E-state index in [9.17, 15) is 0 Å². The summed E-state index contributed by atoms with van der Waals surface area (Å²) in [6, 6.07) is 0.482. The number of rotatable bonds is 5. The van der Waals surface area contributed by atoms with Crippen LogP contribution in [0.15, 0.2) is 12.2 Å². The lowest BCUT2D eigenvalue weighted by atomic mass is 9.94. The van der Waals surface area contributed by atoms with E-state index in [0.29, 0.717) is 6.04 Å². The van der Waals surface area contributed by atoms with E-state index in [1.807, 2.05) is 0 Å². The fourth-order valence-electron chi connectivity index (χ4n) is 1.72. The highest BCUT2D eigenvalue weighted by Crippen LogP contribution is 2.16. The normalized spacial score (nSPS) is 24.6. The first-order valence-corrected chi connectivity index (χ1v) is 5.20. The van der Waals surface area contributed by atoms with Crippen LogP contribution >= 0.6 is 0 Å². The lowest BCUT2D eigenvalue weighted by Crippen LogP contribution is -2.34. The molecule has 2 heteroatoms. The van der Waals surface area contributed by atoms with Gasteiger partial charge in [-0.3, -0.25) is 0 Å². The minimum absolute atomic E-state index is 0.482. The van der Waals surface area contributed by atoms with Crippen LogP contribution in [0.4, 0.5) is 0 Å². The molecular formula is C11H21NO. The predicted molar refractivity (Wildman–Crippen MR) is 55.8 cm³/mol. The van der Waals surface area contributed by atoms with Gasteiger partial charge in [0.1, 0.15) is 0 Å². The highest BCUT2D eigenvalue weighted by atomic mass is 16.5. The van der Waals surface area contributed by atoms with Crippen molar-refractivity contribution >= 4 is 0 Å². The Morgan fingerprint density at radius 3 is 3.00 bits per heavy atom. The van der Waals surface area contributed by atoms with Gasteiger partial charge in [-0.15, -0.1) is 0 Å². The Bertz CT molecular complexity index is 156. The Labute approximate surface area is 81.4 Å². The van der Waals surface area contributed by atoms with Gasteiger partial charge in [0.25, 0.3) is 0 Å². The van der Waals surface area contributed by atoms with Gasteiger partial charge in [0.15, 0.2) is 0 Å². The summed E-state index contributed by atoms with van der Waals surface area (Å²) in [6.07, 6.45) is 8.42. The number of nitrogens with one attached hydrogen (secondary N) is 1. The first-order valence-electron chi connectivity index (χ1n) is 5.20. The molecule has 0 unspecified atom stereocenters. The third-order valence-electron chi connectivity index (χ3n) is 2.55. The van der Waals surface area contributed by atoms with Crippen molar-refractivity contribution in [3.05, 3.63) is 12.2 Å². The third kappa shape index (κ3) is 4.44. The van der Waals surface area contributed by atoms with Gasteiger partial charge >= 0.3 is 0 Å². The molecule has 0 heterocycles. The SMILES string of the molecule is COC[C@H](C)NC[C@H]1CC=CCC1. The average molecular weight is 183 g/mol. The highest BCUT2D eigenvalue weighted by Gasteiger charge is 2.10. The molecule has 1 aliphatic rings. The molecule has 1 rings (SSSR count). The van der Waals surface area contributed by atoms with Gasteiger partial charge in [-0.05, 0) is 38.6 Å². The van der Waals surface area contributed by atoms with E-state index in [2.05, 4.69) is 24.4 Å². The van der Waals surface area contributed by atoms with Gasteiger partial charge in [0.05, 0.1) is 6.61 Å². The van der Waals surface area contributed by atoms with Gasteiger partial charge in [0.2, 0.25) is 0 Å². The first kappa shape index (κ1) is 10.7. The molecule has 76 valence electrons. The lowest BCUT2D eigenvalue weighted by molar-refractivity contribution is 0.169. The van der Waals surface area contributed by atoms with Gasteiger partial charge in [-0.2, -0.15) is 0 Å². The summed E-state index contributed by atoms with van der Waals surface area (Å²) in [6.45, 7) is 4.11. The summed E-state index contributed by atoms with van der Waals surface area (Å²) in [5.41, 5.74) is 0. The largest absolute Gasteiger partial charge is 0.383 e. The molecule has 0 aromatic rings. The molecular weight excluding hydrogens is 162 g/mol. The molecule has 0 saturated heterocycles. The maximum atomic E-state index is 5.07. The van der Waals surface area contributed by atoms with Crippen molar-refractivity contribution in [1.82, 2.24) is 5.32 Å². The fraction of sp³-hybridized carbons (Fsp3) is 0.818. The Morgan fingerprint density at radius 1 is 1.54 bits per heavy atom. The molecule has 0 aromatic carbocycles. The average Bonchev–Trinajstić information content (AvgIpc) is 2.17. The van der Waals surface area contributed by atoms with E-state index >= 15 is 0 Å². The number of methoxy groups -OCH3 is 1. The Morgan fingerprint density at radius 2 is 2.38 bits per heavy atom. The summed E-state index contributed by atoms with van der Waals surface area (Å²) in [7, 11) is 1.75. The van der Waals surface area contributed by atoms with Crippen molar-refractivity contribution in [2.45, 2.75) is 32.2 Å². The van der Waals surface area contributed by atoms with Crippen LogP contribution in [0.2, 0.25) is 0 Å². The standard InChI is InChI=1S/C11H21NO/c1-10(9-13-2)12-8-11-6-4-3-5-7-11/h3-4,10-12H,5-9H2,1-2H3/t10-,11-/m0/s1. The Balaban J connectivity index is 2.07. The minimum atomic E-state index is 0.482. The van der Waals surface area contributed by atoms with Crippen LogP contribution in [0, 0.1) is 5.92 Å². The van der Waals surface area contributed by atoms with Crippen LogP contribution in [0.3, 0.4) is 0 Å². The smallest absolute Gasteiger partial charge is 0.0613 e. The summed E-state index contributed by atoms with van der Waals surface area (Å²) in [5.74, 6) is 0.837. The first-order chi connectivity index (χ1) is 6.33. The molecule has 0 fully saturated rings. The summed E-state index contributed by atoms with van der Waals surface area (Å²) in [5, 5.41) is 3.49. The number of hydrogen-bond acceptors (Lipinski definition) is 2. The van der Waals surface area contributed by atoms with Crippen molar-refractivity contribution in [1.29, 1.82) is 0 Å². The van der Waals surface area contributed by atoms with Crippen molar-refractivity contribution in [2.24, 2.45) is 5.92 Å². The van der Waals surface area contributed by atoms with E-state index in [1.165, 1.54) is 19.3 Å². The molecule has 0 radical (unpaired) electrons. The molecule has 0 amide bonds. The zero-order valence-corrected chi connectivity index (χ0v) is 8.75. The molecule has 0 bridgehead atoms. The number of ether oxygens (including phenoxy) is 1. The zero-order valence-electron chi connectivity index (χ0n) is 8.75. The lowest BCUT2D eigenvalue weighted by Gasteiger charge is -2.20. The van der Waals surface area contributed by atoms with Crippen LogP contribution in [-0.4, -0.2) is 26.3 Å². The van der Waals surface area contributed by atoms with Crippen LogP contribution in [0.25, 0.3) is 0 Å². The molecule has 0 aliphatic heterocycles. The number of hydrogen-bond donors (Lipinski definition) is 1. The van der Waals surface area contributed by atoms with E-state index in [4.69, 9.17) is 4.74 Å². The molecule has 0 saturated carbocycles. The van der Waals surface area contributed by atoms with Crippen molar-refractivity contribution in [3.8, 4) is 0 Å². The molecule has 1 aliphatic carbocycles. The second-order valence-corrected chi connectivity index (χ2v) is 3.92. The third-order valence-corrected chi connectivity index (χ3v) is 2.55. The summed E-state index contributed by atoms with van der Waals surface area (Å²) < 4.78 is 5.07. The quantitative estimate of drug-likeness (QED) is 0.658. The second-order valence-electron chi connectivity index (χ2n) is 3.92. The predicted octanol–water partition coefficient (Wildman–Crippen LogP) is 1.97. The molecule has 0 spiro atoms. The maximum absolute atomic E-state index is 5.07. The Kier molecular flexibility index (Phi) is 5.09. The van der Waals surface area contributed by atoms with Gasteiger partial charge in [-0.25, -0.2) is 0 Å². The fourth-order valence-corrected chi connectivity index (χ4v) is 1.72. The van der Waals surface area contributed by atoms with E-state index < -0.39 is 0 Å². The molecule has 2 atom stereocenters. The highest BCUT2D eigenvalue weighted by molar-refractivity contribution is 4.90. The maximum Gasteiger partial charge on any atom is 0.0613 e. The Hall–Kier alpha value is -0.340.